The smallest absolute Gasteiger partial charge is 0.280 e. The Morgan fingerprint density at radius 3 is 2.63 bits per heavy atom. The van der Waals surface area contributed by atoms with Crippen LogP contribution in [0.2, 0.25) is 0 Å². The molecule has 0 aromatic carbocycles. The Hall–Kier alpha value is -4.43. The van der Waals surface area contributed by atoms with Crippen LogP contribution in [0.5, 0.6) is 0 Å². The van der Waals surface area contributed by atoms with E-state index in [1.807, 2.05) is 35.0 Å². The van der Waals surface area contributed by atoms with Gasteiger partial charge < -0.3 is 29.0 Å². The molecule has 0 spiro atoms. The lowest BCUT2D eigenvalue weighted by Gasteiger charge is -2.43. The molecule has 0 amide bonds. The maximum Gasteiger partial charge on any atom is 0.280 e. The van der Waals surface area contributed by atoms with Gasteiger partial charge in [-0.3, -0.25) is 19.1 Å². The molecule has 51 heavy (non-hydrogen) atoms. The molecule has 1 unspecified atom stereocenters. The molecule has 3 aliphatic rings. The molecule has 2 fully saturated rings. The van der Waals surface area contributed by atoms with Crippen LogP contribution in [0.1, 0.15) is 44.0 Å². The van der Waals surface area contributed by atoms with Crippen LogP contribution in [-0.4, -0.2) is 78.4 Å². The van der Waals surface area contributed by atoms with Gasteiger partial charge in [0.25, 0.3) is 11.1 Å². The van der Waals surface area contributed by atoms with Gasteiger partial charge in [0.2, 0.25) is 0 Å². The maximum absolute atomic E-state index is 13.8. The number of pyridine rings is 3. The normalized spacial score (nSPS) is 20.1. The van der Waals surface area contributed by atoms with Crippen LogP contribution in [-0.2, 0) is 31.2 Å². The van der Waals surface area contributed by atoms with E-state index in [-0.39, 0.29) is 36.6 Å². The molecule has 268 valence electrons. The Bertz CT molecular complexity index is 2200. The second-order valence-corrected chi connectivity index (χ2v) is 14.8. The number of aromatic nitrogens is 5. The topological polar surface area (TPSA) is 122 Å². The molecule has 8 rings (SSSR count). The molecule has 2 saturated heterocycles. The summed E-state index contributed by atoms with van der Waals surface area (Å²) in [5.74, 6) is 0.906. The Labute approximate surface area is 303 Å². The number of ether oxygens (including phenoxy) is 1. The fourth-order valence-electron chi connectivity index (χ4n) is 8.17. The van der Waals surface area contributed by atoms with Gasteiger partial charge in [0, 0.05) is 87.0 Å². The minimum Gasteiger partial charge on any atom is -0.392 e. The predicted molar refractivity (Wildman–Crippen MR) is 204 cm³/mol. The van der Waals surface area contributed by atoms with E-state index >= 15 is 0 Å². The van der Waals surface area contributed by atoms with Gasteiger partial charge in [-0.15, -0.1) is 0 Å². The molecule has 0 radical (unpaired) electrons. The van der Waals surface area contributed by atoms with Gasteiger partial charge in [-0.25, -0.2) is 9.97 Å². The summed E-state index contributed by atoms with van der Waals surface area (Å²) in [7, 11) is 1.69. The highest BCUT2D eigenvalue weighted by Gasteiger charge is 2.32. The first-order valence-electron chi connectivity index (χ1n) is 17.5. The van der Waals surface area contributed by atoms with Gasteiger partial charge in [0.1, 0.15) is 22.8 Å². The highest BCUT2D eigenvalue weighted by Crippen LogP contribution is 2.37. The van der Waals surface area contributed by atoms with Crippen molar-refractivity contribution in [2.75, 3.05) is 43.1 Å². The summed E-state index contributed by atoms with van der Waals surface area (Å²) in [5, 5.41) is 13.9. The van der Waals surface area contributed by atoms with Gasteiger partial charge >= 0.3 is 0 Å². The first kappa shape index (κ1) is 35.0. The molecule has 5 aromatic rings. The van der Waals surface area contributed by atoms with Crippen molar-refractivity contribution in [3.05, 3.63) is 98.8 Å². The summed E-state index contributed by atoms with van der Waals surface area (Å²) >= 11 is 0. The number of aryl methyl sites for hydroxylation is 1. The van der Waals surface area contributed by atoms with E-state index in [4.69, 9.17) is 4.74 Å². The Morgan fingerprint density at radius 1 is 1.06 bits per heavy atom. The maximum atomic E-state index is 13.8. The van der Waals surface area contributed by atoms with E-state index in [1.54, 1.807) is 37.8 Å². The second-order valence-electron chi connectivity index (χ2n) is 14.8. The third kappa shape index (κ3) is 6.37. The van der Waals surface area contributed by atoms with Gasteiger partial charge in [-0.2, -0.15) is 13.5 Å². The number of aliphatic hydroxyl groups is 1. The van der Waals surface area contributed by atoms with Crippen LogP contribution in [0.3, 0.4) is 0 Å². The molecule has 2 N–H and O–H groups in total. The van der Waals surface area contributed by atoms with Crippen LogP contribution in [0, 0.1) is 5.41 Å². The van der Waals surface area contributed by atoms with E-state index < -0.39 is 0 Å². The molecular weight excluding hydrogens is 665 g/mol. The predicted octanol–water partition coefficient (Wildman–Crippen LogP) is 4.02. The van der Waals surface area contributed by atoms with E-state index in [9.17, 15) is 14.7 Å². The van der Waals surface area contributed by atoms with E-state index in [0.29, 0.717) is 51.6 Å². The monoisotopic (exact) mass is 710 g/mol. The summed E-state index contributed by atoms with van der Waals surface area (Å²) in [6, 6.07) is 10.3. The highest BCUT2D eigenvalue weighted by molar-refractivity contribution is 7.59. The van der Waals surface area contributed by atoms with Crippen molar-refractivity contribution in [3.63, 3.8) is 0 Å². The molecular formula is C38H46N8O4S. The van der Waals surface area contributed by atoms with Crippen molar-refractivity contribution in [3.8, 4) is 16.9 Å². The minimum absolute atomic E-state index is 0. The largest absolute Gasteiger partial charge is 0.392 e. The average molecular weight is 711 g/mol. The standard InChI is InChI=1S/C38H44N8O4.H2S/c1-24-20-43(28-8-14-50-23-28)10-11-44(24)27-5-6-34(40-19-27)41-31-15-26(21-42(4)36(31)48)29-7-9-39-35(30(29)22-47)46-13-12-45-32(37(46)49)16-25-17-38(2,3)18-33(25)45;/h5-7,9,12-13,15-16,19,21,24,28,47H,8,10-11,14,17-18,20,22-23H2,1-4H3,(H,40,41);1H2/t24-,28?;/m0./s1. The zero-order chi connectivity index (χ0) is 34.7. The lowest BCUT2D eigenvalue weighted by molar-refractivity contribution is 0.129. The Balaban J connectivity index is 0.00000406. The molecule has 2 atom stereocenters. The molecule has 5 aromatic heterocycles. The summed E-state index contributed by atoms with van der Waals surface area (Å²) in [5.41, 5.74) is 5.96. The highest BCUT2D eigenvalue weighted by atomic mass is 32.1. The van der Waals surface area contributed by atoms with Crippen molar-refractivity contribution in [2.45, 2.75) is 58.7 Å². The lowest BCUT2D eigenvalue weighted by Crippen LogP contribution is -2.55. The van der Waals surface area contributed by atoms with Crippen molar-refractivity contribution in [1.82, 2.24) is 28.4 Å². The second kappa shape index (κ2) is 13.6. The number of hydrogen-bond acceptors (Lipinski definition) is 9. The molecule has 2 aliphatic heterocycles. The summed E-state index contributed by atoms with van der Waals surface area (Å²) in [4.78, 5) is 41.3. The van der Waals surface area contributed by atoms with Gasteiger partial charge in [0.15, 0.2) is 0 Å². The third-order valence-electron chi connectivity index (χ3n) is 10.7. The van der Waals surface area contributed by atoms with Crippen LogP contribution < -0.4 is 21.3 Å². The number of anilines is 3. The average Bonchev–Trinajstić information content (AvgIpc) is 3.83. The van der Waals surface area contributed by atoms with E-state index in [1.165, 1.54) is 20.4 Å². The number of rotatable bonds is 7. The molecule has 12 nitrogen and oxygen atoms in total. The van der Waals surface area contributed by atoms with Gasteiger partial charge in [0.05, 0.1) is 25.1 Å². The Morgan fingerprint density at radius 2 is 1.90 bits per heavy atom. The molecule has 1 aliphatic carbocycles. The molecule has 0 bridgehead atoms. The van der Waals surface area contributed by atoms with Crippen LogP contribution in [0.15, 0.2) is 70.9 Å². The van der Waals surface area contributed by atoms with Crippen molar-refractivity contribution >= 4 is 36.2 Å². The zero-order valence-electron chi connectivity index (χ0n) is 29.6. The number of hydrogen-bond donors (Lipinski definition) is 2. The molecule has 0 saturated carbocycles. The summed E-state index contributed by atoms with van der Waals surface area (Å²) in [6.45, 7) is 11.0. The number of piperazine rings is 1. The number of aliphatic hydroxyl groups excluding tert-OH is 1. The van der Waals surface area contributed by atoms with Gasteiger partial charge in [-0.1, -0.05) is 13.8 Å². The summed E-state index contributed by atoms with van der Waals surface area (Å²) < 4.78 is 10.6. The van der Waals surface area contributed by atoms with Crippen LogP contribution in [0.4, 0.5) is 17.2 Å². The lowest BCUT2D eigenvalue weighted by atomic mass is 9.90. The first-order chi connectivity index (χ1) is 24.1. The van der Waals surface area contributed by atoms with E-state index in [0.717, 1.165) is 57.8 Å². The first-order valence-corrected chi connectivity index (χ1v) is 17.5. The fraction of sp³-hybridized carbons (Fsp3) is 0.421. The number of fused-ring (bicyclic) bond motifs is 3. The van der Waals surface area contributed by atoms with Crippen molar-refractivity contribution in [1.29, 1.82) is 0 Å². The van der Waals surface area contributed by atoms with Crippen molar-refractivity contribution < 1.29 is 9.84 Å². The van der Waals surface area contributed by atoms with Crippen molar-refractivity contribution in [2.24, 2.45) is 12.5 Å². The third-order valence-corrected chi connectivity index (χ3v) is 10.7. The fourth-order valence-corrected chi connectivity index (χ4v) is 8.17. The molecule has 7 heterocycles. The Kier molecular flexibility index (Phi) is 9.34. The minimum atomic E-state index is -0.350. The van der Waals surface area contributed by atoms with Crippen LogP contribution >= 0.6 is 13.5 Å². The van der Waals surface area contributed by atoms with Crippen LogP contribution in [0.25, 0.3) is 22.5 Å². The zero-order valence-corrected chi connectivity index (χ0v) is 30.6. The summed E-state index contributed by atoms with van der Waals surface area (Å²) in [6.07, 6.45) is 11.8. The molecule has 13 heteroatoms. The quantitative estimate of drug-likeness (QED) is 0.258. The number of nitrogens with one attached hydrogen (secondary N) is 1. The van der Waals surface area contributed by atoms with E-state index in [2.05, 4.69) is 45.9 Å². The number of nitrogens with zero attached hydrogens (tertiary/aromatic N) is 7. The van der Waals surface area contributed by atoms with Gasteiger partial charge in [-0.05, 0) is 73.1 Å². The SMILES string of the molecule is C[C@H]1CN(C2CCOC2)CCN1c1ccc(Nc2cc(-c3ccnc(-n4ccn5c6c(cc5c4=O)CC(C)(C)C6)c3CO)cn(C)c2=O)nc1.S.